The van der Waals surface area contributed by atoms with Gasteiger partial charge >= 0.3 is 0 Å². The molecule has 0 aliphatic carbocycles. The van der Waals surface area contributed by atoms with Crippen molar-refractivity contribution in [1.29, 1.82) is 0 Å². The monoisotopic (exact) mass is 482 g/mol. The SMILES string of the molecule is Brc1ccc(C2=NN3[C@H](C2)c2ccccc2O[C@H]3c2ccc(Br)cc2)cc1. The fourth-order valence-corrected chi connectivity index (χ4v) is 4.23. The molecule has 0 amide bonds. The van der Waals surface area contributed by atoms with E-state index in [4.69, 9.17) is 9.84 Å². The second-order valence-corrected chi connectivity index (χ2v) is 8.54. The van der Waals surface area contributed by atoms with Crippen LogP contribution in [0.15, 0.2) is 86.8 Å². The molecule has 0 fully saturated rings. The topological polar surface area (TPSA) is 24.8 Å². The lowest BCUT2D eigenvalue weighted by Crippen LogP contribution is -2.33. The molecule has 2 heterocycles. The number of fused-ring (bicyclic) bond motifs is 3. The van der Waals surface area contributed by atoms with E-state index in [0.29, 0.717) is 0 Å². The number of halogens is 2. The van der Waals surface area contributed by atoms with Gasteiger partial charge in [-0.15, -0.1) is 0 Å². The zero-order valence-electron chi connectivity index (χ0n) is 14.3. The molecule has 0 saturated heterocycles. The number of rotatable bonds is 2. The molecule has 0 aromatic heterocycles. The molecular formula is C22H16Br2N2O. The predicted octanol–water partition coefficient (Wildman–Crippen LogP) is 6.45. The Kier molecular flexibility index (Phi) is 4.29. The van der Waals surface area contributed by atoms with Gasteiger partial charge in [-0.05, 0) is 35.9 Å². The van der Waals surface area contributed by atoms with Gasteiger partial charge in [-0.2, -0.15) is 5.10 Å². The highest BCUT2D eigenvalue weighted by molar-refractivity contribution is 9.10. The average molecular weight is 484 g/mol. The van der Waals surface area contributed by atoms with Gasteiger partial charge in [0.15, 0.2) is 0 Å². The van der Waals surface area contributed by atoms with Crippen LogP contribution in [0.5, 0.6) is 5.75 Å². The summed E-state index contributed by atoms with van der Waals surface area (Å²) >= 11 is 7.02. The van der Waals surface area contributed by atoms with E-state index in [2.05, 4.69) is 91.5 Å². The lowest BCUT2D eigenvalue weighted by molar-refractivity contribution is -0.0190. The first kappa shape index (κ1) is 17.0. The molecule has 3 nitrogen and oxygen atoms in total. The van der Waals surface area contributed by atoms with Crippen molar-refractivity contribution < 1.29 is 4.74 Å². The van der Waals surface area contributed by atoms with E-state index in [1.165, 1.54) is 5.56 Å². The van der Waals surface area contributed by atoms with Crippen LogP contribution in [-0.4, -0.2) is 10.7 Å². The predicted molar refractivity (Wildman–Crippen MR) is 114 cm³/mol. The number of para-hydroxylation sites is 1. The van der Waals surface area contributed by atoms with Crippen LogP contribution in [0.4, 0.5) is 0 Å². The molecule has 134 valence electrons. The Morgan fingerprint density at radius 2 is 1.52 bits per heavy atom. The normalized spacial score (nSPS) is 20.5. The standard InChI is InChI=1S/C22H16Br2N2O/c23-16-9-5-14(6-10-16)19-13-20-18-3-1-2-4-21(18)27-22(26(20)25-19)15-7-11-17(24)12-8-15/h1-12,20,22H,13H2/t20-,22+/m1/s1. The van der Waals surface area contributed by atoms with Gasteiger partial charge in [-0.25, -0.2) is 5.01 Å². The third kappa shape index (κ3) is 3.09. The summed E-state index contributed by atoms with van der Waals surface area (Å²) in [6, 6.07) is 25.1. The molecule has 0 N–H and O–H groups in total. The summed E-state index contributed by atoms with van der Waals surface area (Å²) in [4.78, 5) is 0. The zero-order valence-corrected chi connectivity index (χ0v) is 17.5. The first-order valence-electron chi connectivity index (χ1n) is 8.82. The maximum absolute atomic E-state index is 6.37. The highest BCUT2D eigenvalue weighted by Gasteiger charge is 2.40. The second-order valence-electron chi connectivity index (χ2n) is 6.71. The van der Waals surface area contributed by atoms with E-state index in [-0.39, 0.29) is 12.3 Å². The fraction of sp³-hybridized carbons (Fsp3) is 0.136. The van der Waals surface area contributed by atoms with E-state index < -0.39 is 0 Å². The molecule has 2 aliphatic rings. The minimum Gasteiger partial charge on any atom is -0.464 e. The summed E-state index contributed by atoms with van der Waals surface area (Å²) in [5.41, 5.74) is 4.54. The Morgan fingerprint density at radius 1 is 0.852 bits per heavy atom. The molecule has 0 spiro atoms. The van der Waals surface area contributed by atoms with E-state index in [1.54, 1.807) is 0 Å². The second kappa shape index (κ2) is 6.80. The summed E-state index contributed by atoms with van der Waals surface area (Å²) < 4.78 is 8.50. The molecule has 0 unspecified atom stereocenters. The quantitative estimate of drug-likeness (QED) is 0.418. The van der Waals surface area contributed by atoms with Gasteiger partial charge in [0.05, 0.1) is 11.8 Å². The number of hydrazone groups is 1. The van der Waals surface area contributed by atoms with Gasteiger partial charge in [0.25, 0.3) is 0 Å². The molecule has 27 heavy (non-hydrogen) atoms. The van der Waals surface area contributed by atoms with Crippen LogP contribution in [-0.2, 0) is 0 Å². The van der Waals surface area contributed by atoms with Gasteiger partial charge in [0.1, 0.15) is 5.75 Å². The van der Waals surface area contributed by atoms with E-state index >= 15 is 0 Å². The molecule has 2 aliphatic heterocycles. The zero-order chi connectivity index (χ0) is 18.4. The summed E-state index contributed by atoms with van der Waals surface area (Å²) in [5, 5.41) is 7.10. The van der Waals surface area contributed by atoms with Crippen molar-refractivity contribution in [3.63, 3.8) is 0 Å². The first-order valence-corrected chi connectivity index (χ1v) is 10.4. The van der Waals surface area contributed by atoms with Crippen molar-refractivity contribution in [3.8, 4) is 5.75 Å². The van der Waals surface area contributed by atoms with E-state index in [1.807, 2.05) is 18.2 Å². The number of ether oxygens (including phenoxy) is 1. The van der Waals surface area contributed by atoms with Crippen LogP contribution >= 0.6 is 31.9 Å². The summed E-state index contributed by atoms with van der Waals surface area (Å²) in [7, 11) is 0. The summed E-state index contributed by atoms with van der Waals surface area (Å²) in [6.45, 7) is 0. The maximum Gasteiger partial charge on any atom is 0.213 e. The first-order chi connectivity index (χ1) is 13.2. The van der Waals surface area contributed by atoms with Crippen molar-refractivity contribution in [3.05, 3.63) is 98.4 Å². The van der Waals surface area contributed by atoms with Gasteiger partial charge in [-0.3, -0.25) is 0 Å². The van der Waals surface area contributed by atoms with Crippen molar-refractivity contribution >= 4 is 37.6 Å². The molecule has 0 radical (unpaired) electrons. The maximum atomic E-state index is 6.37. The minimum absolute atomic E-state index is 0.183. The van der Waals surface area contributed by atoms with Gasteiger partial charge in [0, 0.05) is 26.5 Å². The lowest BCUT2D eigenvalue weighted by Gasteiger charge is -2.38. The largest absolute Gasteiger partial charge is 0.464 e. The van der Waals surface area contributed by atoms with Crippen LogP contribution in [0.1, 0.15) is 35.4 Å². The van der Waals surface area contributed by atoms with Crippen LogP contribution in [0.2, 0.25) is 0 Å². The summed E-state index contributed by atoms with van der Waals surface area (Å²) in [5.74, 6) is 0.943. The Bertz CT molecular complexity index is 1020. The summed E-state index contributed by atoms with van der Waals surface area (Å²) in [6.07, 6.45) is 0.639. The van der Waals surface area contributed by atoms with Crippen LogP contribution in [0.25, 0.3) is 0 Å². The van der Waals surface area contributed by atoms with E-state index in [0.717, 1.165) is 38.0 Å². The molecule has 3 aromatic rings. The van der Waals surface area contributed by atoms with Crippen molar-refractivity contribution in [1.82, 2.24) is 5.01 Å². The fourth-order valence-electron chi connectivity index (χ4n) is 3.70. The molecule has 5 heteroatoms. The number of hydrogen-bond acceptors (Lipinski definition) is 3. The molecular weight excluding hydrogens is 468 g/mol. The van der Waals surface area contributed by atoms with Crippen LogP contribution < -0.4 is 4.74 Å². The Morgan fingerprint density at radius 3 is 2.26 bits per heavy atom. The average Bonchev–Trinajstić information content (AvgIpc) is 3.14. The highest BCUT2D eigenvalue weighted by Crippen LogP contribution is 2.47. The third-order valence-corrected chi connectivity index (χ3v) is 6.09. The van der Waals surface area contributed by atoms with Gasteiger partial charge < -0.3 is 4.74 Å². The Labute approximate surface area is 174 Å². The third-order valence-electron chi connectivity index (χ3n) is 5.03. The molecule has 5 rings (SSSR count). The van der Waals surface area contributed by atoms with Gasteiger partial charge in [0.2, 0.25) is 6.23 Å². The highest BCUT2D eigenvalue weighted by atomic mass is 79.9. The Balaban J connectivity index is 1.58. The van der Waals surface area contributed by atoms with Crippen molar-refractivity contribution in [2.45, 2.75) is 18.7 Å². The lowest BCUT2D eigenvalue weighted by atomic mass is 9.96. The smallest absolute Gasteiger partial charge is 0.213 e. The van der Waals surface area contributed by atoms with Crippen molar-refractivity contribution in [2.75, 3.05) is 0 Å². The Hall–Kier alpha value is -2.11. The number of benzene rings is 3. The molecule has 0 bridgehead atoms. The minimum atomic E-state index is -0.231. The van der Waals surface area contributed by atoms with Crippen LogP contribution in [0.3, 0.4) is 0 Å². The molecule has 0 saturated carbocycles. The molecule has 3 aromatic carbocycles. The van der Waals surface area contributed by atoms with Crippen LogP contribution in [0, 0.1) is 0 Å². The number of hydrogen-bond donors (Lipinski definition) is 0. The van der Waals surface area contributed by atoms with Crippen molar-refractivity contribution in [2.24, 2.45) is 5.10 Å². The van der Waals surface area contributed by atoms with Gasteiger partial charge in [-0.1, -0.05) is 74.3 Å². The molecule has 2 atom stereocenters. The number of nitrogens with zero attached hydrogens (tertiary/aromatic N) is 2. The van der Waals surface area contributed by atoms with E-state index in [9.17, 15) is 0 Å².